The van der Waals surface area contributed by atoms with Gasteiger partial charge in [0.2, 0.25) is 0 Å². The number of halogens is 3. The summed E-state index contributed by atoms with van der Waals surface area (Å²) < 4.78 is 13.1. The van der Waals surface area contributed by atoms with Crippen LogP contribution < -0.4 is 5.32 Å². The Morgan fingerprint density at radius 1 is 1.47 bits per heavy atom. The van der Waals surface area contributed by atoms with Crippen LogP contribution in [0.4, 0.5) is 4.39 Å². The van der Waals surface area contributed by atoms with Crippen LogP contribution in [0.5, 0.6) is 0 Å². The minimum atomic E-state index is -0.259. The summed E-state index contributed by atoms with van der Waals surface area (Å²) in [5.41, 5.74) is 0.944. The van der Waals surface area contributed by atoms with E-state index in [0.717, 1.165) is 31.7 Å². The summed E-state index contributed by atoms with van der Waals surface area (Å²) in [6.45, 7) is 5.91. The quantitative estimate of drug-likeness (QED) is 0.895. The van der Waals surface area contributed by atoms with Crippen LogP contribution in [0.2, 0.25) is 5.02 Å². The molecule has 96 valence electrons. The minimum absolute atomic E-state index is 0. The molecule has 2 nitrogen and oxygen atoms in total. The van der Waals surface area contributed by atoms with E-state index in [1.165, 1.54) is 6.07 Å². The summed E-state index contributed by atoms with van der Waals surface area (Å²) >= 11 is 5.83. The smallest absolute Gasteiger partial charge is 0.125 e. The second-order valence-corrected chi connectivity index (χ2v) is 4.80. The molecule has 1 aliphatic rings. The third-order valence-corrected chi connectivity index (χ3v) is 3.00. The van der Waals surface area contributed by atoms with Gasteiger partial charge in [0.05, 0.1) is 0 Å². The van der Waals surface area contributed by atoms with Gasteiger partial charge in [0.1, 0.15) is 5.82 Å². The maximum atomic E-state index is 13.1. The van der Waals surface area contributed by atoms with E-state index in [4.69, 9.17) is 11.6 Å². The maximum absolute atomic E-state index is 13.1. The van der Waals surface area contributed by atoms with Crippen LogP contribution in [-0.2, 0) is 6.54 Å². The molecule has 5 heteroatoms. The summed E-state index contributed by atoms with van der Waals surface area (Å²) in [6, 6.07) is 5.22. The maximum Gasteiger partial charge on any atom is 0.125 e. The number of rotatable bonds is 2. The van der Waals surface area contributed by atoms with Crippen molar-refractivity contribution in [2.24, 2.45) is 0 Å². The fraction of sp³-hybridized carbons (Fsp3) is 0.500. The predicted octanol–water partition coefficient (Wildman–Crippen LogP) is 2.69. The zero-order valence-electron chi connectivity index (χ0n) is 9.75. The van der Waals surface area contributed by atoms with Crippen molar-refractivity contribution in [3.05, 3.63) is 34.6 Å². The highest BCUT2D eigenvalue weighted by Crippen LogP contribution is 2.16. The van der Waals surface area contributed by atoms with Crippen molar-refractivity contribution in [1.29, 1.82) is 0 Å². The molecule has 17 heavy (non-hydrogen) atoms. The fourth-order valence-corrected chi connectivity index (χ4v) is 2.36. The fourth-order valence-electron chi connectivity index (χ4n) is 2.12. The normalized spacial score (nSPS) is 21.0. The first-order chi connectivity index (χ1) is 7.63. The van der Waals surface area contributed by atoms with Crippen LogP contribution in [0.25, 0.3) is 0 Å². The van der Waals surface area contributed by atoms with Gasteiger partial charge in [-0.05, 0) is 30.7 Å². The molecule has 0 saturated carbocycles. The van der Waals surface area contributed by atoms with E-state index in [-0.39, 0.29) is 18.2 Å². The van der Waals surface area contributed by atoms with E-state index in [0.29, 0.717) is 11.1 Å². The molecule has 1 aromatic carbocycles. The first kappa shape index (κ1) is 14.7. The Hall–Kier alpha value is -0.350. The molecule has 0 bridgehead atoms. The number of hydrogen-bond donors (Lipinski definition) is 1. The molecular formula is C12H17Cl2FN2. The zero-order valence-corrected chi connectivity index (χ0v) is 11.3. The largest absolute Gasteiger partial charge is 0.312 e. The van der Waals surface area contributed by atoms with Gasteiger partial charge in [0.25, 0.3) is 0 Å². The third kappa shape index (κ3) is 4.43. The Bertz CT molecular complexity index is 353. The number of benzene rings is 1. The summed E-state index contributed by atoms with van der Waals surface area (Å²) in [6.07, 6.45) is 0. The molecule has 1 N–H and O–H groups in total. The molecule has 1 unspecified atom stereocenters. The van der Waals surface area contributed by atoms with Crippen LogP contribution in [-0.4, -0.2) is 30.6 Å². The molecule has 0 amide bonds. The van der Waals surface area contributed by atoms with Crippen molar-refractivity contribution >= 4 is 24.0 Å². The van der Waals surface area contributed by atoms with E-state index >= 15 is 0 Å². The number of piperazine rings is 1. The molecule has 1 fully saturated rings. The first-order valence-electron chi connectivity index (χ1n) is 5.54. The Kier molecular flexibility index (Phi) is 5.67. The van der Waals surface area contributed by atoms with E-state index in [1.807, 2.05) is 6.07 Å². The molecule has 0 radical (unpaired) electrons. The molecule has 1 heterocycles. The minimum Gasteiger partial charge on any atom is -0.312 e. The lowest BCUT2D eigenvalue weighted by Crippen LogP contribution is -2.48. The van der Waals surface area contributed by atoms with E-state index in [2.05, 4.69) is 17.1 Å². The molecule has 1 atom stereocenters. The van der Waals surface area contributed by atoms with Crippen LogP contribution >= 0.6 is 24.0 Å². The molecule has 1 aromatic rings. The molecule has 2 rings (SSSR count). The Balaban J connectivity index is 0.00000144. The van der Waals surface area contributed by atoms with Crippen molar-refractivity contribution in [2.75, 3.05) is 19.6 Å². The highest BCUT2D eigenvalue weighted by atomic mass is 35.5. The number of hydrogen-bond acceptors (Lipinski definition) is 2. The number of nitrogens with one attached hydrogen (secondary N) is 1. The molecule has 1 aliphatic heterocycles. The van der Waals surface area contributed by atoms with E-state index in [1.54, 1.807) is 6.07 Å². The molecule has 1 saturated heterocycles. The van der Waals surface area contributed by atoms with Gasteiger partial charge in [-0.15, -0.1) is 12.4 Å². The van der Waals surface area contributed by atoms with E-state index < -0.39 is 0 Å². The average molecular weight is 279 g/mol. The van der Waals surface area contributed by atoms with Gasteiger partial charge < -0.3 is 5.32 Å². The summed E-state index contributed by atoms with van der Waals surface area (Å²) in [5.74, 6) is -0.259. The van der Waals surface area contributed by atoms with Crippen molar-refractivity contribution < 1.29 is 4.39 Å². The lowest BCUT2D eigenvalue weighted by atomic mass is 10.1. The lowest BCUT2D eigenvalue weighted by molar-refractivity contribution is 0.199. The highest BCUT2D eigenvalue weighted by Gasteiger charge is 2.15. The predicted molar refractivity (Wildman–Crippen MR) is 71.4 cm³/mol. The van der Waals surface area contributed by atoms with Gasteiger partial charge in [-0.3, -0.25) is 4.90 Å². The monoisotopic (exact) mass is 278 g/mol. The van der Waals surface area contributed by atoms with Crippen molar-refractivity contribution in [2.45, 2.75) is 19.5 Å². The van der Waals surface area contributed by atoms with Crippen LogP contribution in [0.1, 0.15) is 12.5 Å². The topological polar surface area (TPSA) is 15.3 Å². The van der Waals surface area contributed by atoms with Crippen LogP contribution in [0, 0.1) is 5.82 Å². The van der Waals surface area contributed by atoms with Crippen LogP contribution in [0.15, 0.2) is 18.2 Å². The summed E-state index contributed by atoms with van der Waals surface area (Å²) in [4.78, 5) is 2.31. The van der Waals surface area contributed by atoms with E-state index in [9.17, 15) is 4.39 Å². The van der Waals surface area contributed by atoms with Gasteiger partial charge in [0, 0.05) is 37.2 Å². The first-order valence-corrected chi connectivity index (χ1v) is 5.92. The molecule has 0 aliphatic carbocycles. The average Bonchev–Trinajstić information content (AvgIpc) is 2.15. The van der Waals surface area contributed by atoms with Gasteiger partial charge in [-0.1, -0.05) is 11.6 Å². The van der Waals surface area contributed by atoms with Crippen molar-refractivity contribution in [3.8, 4) is 0 Å². The third-order valence-electron chi connectivity index (χ3n) is 2.78. The SMILES string of the molecule is CC1CN(Cc2cc(F)cc(Cl)c2)CCN1.Cl. The second kappa shape index (κ2) is 6.55. The molecule has 0 spiro atoms. The van der Waals surface area contributed by atoms with Gasteiger partial charge in [0.15, 0.2) is 0 Å². The zero-order chi connectivity index (χ0) is 11.5. The highest BCUT2D eigenvalue weighted by molar-refractivity contribution is 6.30. The Morgan fingerprint density at radius 2 is 2.24 bits per heavy atom. The van der Waals surface area contributed by atoms with Gasteiger partial charge >= 0.3 is 0 Å². The second-order valence-electron chi connectivity index (χ2n) is 4.37. The molecule has 0 aromatic heterocycles. The lowest BCUT2D eigenvalue weighted by Gasteiger charge is -2.31. The Morgan fingerprint density at radius 3 is 2.88 bits per heavy atom. The summed E-state index contributed by atoms with van der Waals surface area (Å²) in [5, 5.41) is 3.85. The van der Waals surface area contributed by atoms with Crippen molar-refractivity contribution in [1.82, 2.24) is 10.2 Å². The molecular weight excluding hydrogens is 262 g/mol. The van der Waals surface area contributed by atoms with Gasteiger partial charge in [-0.2, -0.15) is 0 Å². The van der Waals surface area contributed by atoms with Crippen molar-refractivity contribution in [3.63, 3.8) is 0 Å². The summed E-state index contributed by atoms with van der Waals surface area (Å²) in [7, 11) is 0. The Labute approximate surface area is 113 Å². The van der Waals surface area contributed by atoms with Crippen LogP contribution in [0.3, 0.4) is 0 Å². The standard InChI is InChI=1S/C12H16ClFN2.ClH/c1-9-7-16(3-2-15-9)8-10-4-11(13)6-12(14)5-10;/h4-6,9,15H,2-3,7-8H2,1H3;1H. The van der Waals surface area contributed by atoms with Gasteiger partial charge in [-0.25, -0.2) is 4.39 Å². The number of nitrogens with zero attached hydrogens (tertiary/aromatic N) is 1.